The monoisotopic (exact) mass is 695 g/mol. The van der Waals surface area contributed by atoms with Gasteiger partial charge >= 0.3 is 19.8 Å². The van der Waals surface area contributed by atoms with Crippen LogP contribution in [0.15, 0.2) is 60.8 Å². The second kappa shape index (κ2) is 34.6. The van der Waals surface area contributed by atoms with Crippen LogP contribution >= 0.6 is 7.82 Å². The van der Waals surface area contributed by atoms with E-state index in [2.05, 4.69) is 74.6 Å². The Morgan fingerprint density at radius 3 is 1.71 bits per heavy atom. The fourth-order valence-corrected chi connectivity index (χ4v) is 5.25. The van der Waals surface area contributed by atoms with Gasteiger partial charge in [-0.1, -0.05) is 126 Å². The number of carbonyl (C=O) groups excluding carboxylic acids is 2. The molecule has 0 aromatic rings. The van der Waals surface area contributed by atoms with Crippen molar-refractivity contribution in [3.8, 4) is 0 Å². The predicted molar refractivity (Wildman–Crippen MR) is 196 cm³/mol. The van der Waals surface area contributed by atoms with Crippen molar-refractivity contribution in [2.24, 2.45) is 5.73 Å². The zero-order valence-electron chi connectivity index (χ0n) is 29.9. The molecule has 48 heavy (non-hydrogen) atoms. The van der Waals surface area contributed by atoms with Gasteiger partial charge in [-0.3, -0.25) is 18.6 Å². The first-order chi connectivity index (χ1) is 23.3. The number of rotatable bonds is 33. The number of allylic oxidation sites excluding steroid dienone is 10. The molecule has 0 aliphatic rings. The zero-order chi connectivity index (χ0) is 35.4. The first-order valence-electron chi connectivity index (χ1n) is 18.3. The molecule has 10 heteroatoms. The van der Waals surface area contributed by atoms with Crippen LogP contribution in [0.25, 0.3) is 0 Å². The van der Waals surface area contributed by atoms with Crippen LogP contribution in [0.1, 0.15) is 136 Å². The summed E-state index contributed by atoms with van der Waals surface area (Å²) in [5.41, 5.74) is 5.32. The second-order valence-corrected chi connectivity index (χ2v) is 13.2. The van der Waals surface area contributed by atoms with E-state index in [1.807, 2.05) is 0 Å². The van der Waals surface area contributed by atoms with E-state index in [1.54, 1.807) is 0 Å². The number of phosphoric ester groups is 1. The summed E-state index contributed by atoms with van der Waals surface area (Å²) in [7, 11) is -4.38. The Balaban J connectivity index is 4.29. The lowest BCUT2D eigenvalue weighted by Crippen LogP contribution is -2.29. The molecule has 0 saturated heterocycles. The van der Waals surface area contributed by atoms with Gasteiger partial charge in [-0.25, -0.2) is 4.57 Å². The fraction of sp³-hybridized carbons (Fsp3) is 0.684. The Hall–Kier alpha value is -2.29. The highest BCUT2D eigenvalue weighted by Gasteiger charge is 2.25. The summed E-state index contributed by atoms with van der Waals surface area (Å²) in [6.07, 6.45) is 38.4. The molecule has 0 fully saturated rings. The number of esters is 2. The number of phosphoric acid groups is 1. The summed E-state index contributed by atoms with van der Waals surface area (Å²) in [5.74, 6) is -0.878. The highest BCUT2D eigenvalue weighted by molar-refractivity contribution is 7.47. The highest BCUT2D eigenvalue weighted by Crippen LogP contribution is 2.43. The van der Waals surface area contributed by atoms with Gasteiger partial charge in [-0.05, 0) is 57.8 Å². The maximum absolute atomic E-state index is 12.5. The minimum Gasteiger partial charge on any atom is -0.462 e. The van der Waals surface area contributed by atoms with Crippen molar-refractivity contribution in [3.05, 3.63) is 60.8 Å². The molecule has 9 nitrogen and oxygen atoms in total. The van der Waals surface area contributed by atoms with Gasteiger partial charge in [0.25, 0.3) is 0 Å². The van der Waals surface area contributed by atoms with Gasteiger partial charge in [0, 0.05) is 19.4 Å². The molecule has 276 valence electrons. The summed E-state index contributed by atoms with van der Waals surface area (Å²) in [6.45, 7) is 3.51. The van der Waals surface area contributed by atoms with Crippen LogP contribution in [0.2, 0.25) is 0 Å². The van der Waals surface area contributed by atoms with Crippen LogP contribution in [-0.4, -0.2) is 49.3 Å². The highest BCUT2D eigenvalue weighted by atomic mass is 31.2. The molecule has 3 N–H and O–H groups in total. The third-order valence-corrected chi connectivity index (χ3v) is 8.15. The van der Waals surface area contributed by atoms with E-state index in [4.69, 9.17) is 24.3 Å². The first kappa shape index (κ1) is 45.7. The Labute approximate surface area is 291 Å². The zero-order valence-corrected chi connectivity index (χ0v) is 30.8. The lowest BCUT2D eigenvalue weighted by Gasteiger charge is -2.19. The normalized spacial score (nSPS) is 14.2. The van der Waals surface area contributed by atoms with Gasteiger partial charge in [0.15, 0.2) is 6.10 Å². The molecule has 0 aromatic heterocycles. The van der Waals surface area contributed by atoms with Crippen molar-refractivity contribution < 1.29 is 37.6 Å². The predicted octanol–water partition coefficient (Wildman–Crippen LogP) is 9.77. The van der Waals surface area contributed by atoms with Crippen molar-refractivity contribution in [2.75, 3.05) is 26.4 Å². The molecular formula is C38H66NO8P. The molecular weight excluding hydrogens is 629 g/mol. The van der Waals surface area contributed by atoms with Gasteiger partial charge in [0.2, 0.25) is 0 Å². The standard InChI is InChI=1S/C38H66NO8P/c1-3-5-7-9-11-13-14-15-16-17-18-19-20-21-22-23-25-27-29-31-38(41)47-36(35-46-48(42,43)45-33-32-39)34-44-37(40)30-28-26-24-12-10-8-6-4-2/h5,7,11,13,15-16,18-19,21-22,36H,3-4,6,8-10,12,14,17,20,23-35,39H2,1-2H3,(H,42,43)/b7-5+,13-11+,16-15+,19-18+,22-21+/t36-/m1/s1. The third kappa shape index (κ3) is 33.6. The van der Waals surface area contributed by atoms with Crippen LogP contribution in [-0.2, 0) is 32.7 Å². The summed E-state index contributed by atoms with van der Waals surface area (Å²) < 4.78 is 32.5. The van der Waals surface area contributed by atoms with Crippen LogP contribution in [0.5, 0.6) is 0 Å². The number of hydrogen-bond donors (Lipinski definition) is 2. The maximum Gasteiger partial charge on any atom is 0.472 e. The van der Waals surface area contributed by atoms with E-state index < -0.39 is 32.5 Å². The molecule has 0 spiro atoms. The first-order valence-corrected chi connectivity index (χ1v) is 19.8. The molecule has 0 rings (SSSR count). The van der Waals surface area contributed by atoms with Crippen LogP contribution < -0.4 is 5.73 Å². The molecule has 2 atom stereocenters. The number of ether oxygens (including phenoxy) is 2. The third-order valence-electron chi connectivity index (χ3n) is 7.17. The Bertz CT molecular complexity index is 976. The van der Waals surface area contributed by atoms with Crippen LogP contribution in [0, 0.1) is 0 Å². The Kier molecular flexibility index (Phi) is 32.9. The van der Waals surface area contributed by atoms with Crippen molar-refractivity contribution in [1.82, 2.24) is 0 Å². The lowest BCUT2D eigenvalue weighted by molar-refractivity contribution is -0.161. The molecule has 1 unspecified atom stereocenters. The molecule has 0 aliphatic carbocycles. The molecule has 0 amide bonds. The minimum atomic E-state index is -4.38. The number of hydrogen-bond acceptors (Lipinski definition) is 8. The van der Waals surface area contributed by atoms with E-state index in [0.717, 1.165) is 70.6 Å². The summed E-state index contributed by atoms with van der Waals surface area (Å²) in [5, 5.41) is 0. The van der Waals surface area contributed by atoms with Gasteiger partial charge in [-0.15, -0.1) is 0 Å². The SMILES string of the molecule is CC/C=C/C/C=C/C/C=C/C/C=C/C/C=C/CCCCCC(=O)O[C@H](COC(=O)CCCCCCCCCC)COP(=O)(O)OCCN. The van der Waals surface area contributed by atoms with Crippen molar-refractivity contribution >= 4 is 19.8 Å². The number of carbonyl (C=O) groups is 2. The van der Waals surface area contributed by atoms with E-state index in [1.165, 1.54) is 32.1 Å². The molecule has 0 aromatic carbocycles. The number of nitrogens with two attached hydrogens (primary N) is 1. The van der Waals surface area contributed by atoms with Gasteiger partial charge < -0.3 is 20.1 Å². The van der Waals surface area contributed by atoms with E-state index in [0.29, 0.717) is 6.42 Å². The van der Waals surface area contributed by atoms with Gasteiger partial charge in [-0.2, -0.15) is 0 Å². The average Bonchev–Trinajstić information content (AvgIpc) is 3.07. The average molecular weight is 696 g/mol. The molecule has 0 aliphatic heterocycles. The van der Waals surface area contributed by atoms with Crippen molar-refractivity contribution in [1.29, 1.82) is 0 Å². The lowest BCUT2D eigenvalue weighted by atomic mass is 10.1. The van der Waals surface area contributed by atoms with E-state index in [-0.39, 0.29) is 32.6 Å². The Morgan fingerprint density at radius 2 is 1.15 bits per heavy atom. The second-order valence-electron chi connectivity index (χ2n) is 11.7. The quantitative estimate of drug-likeness (QED) is 0.0298. The summed E-state index contributed by atoms with van der Waals surface area (Å²) in [4.78, 5) is 34.5. The molecule has 0 radical (unpaired) electrons. The van der Waals surface area contributed by atoms with Crippen LogP contribution in [0.3, 0.4) is 0 Å². The minimum absolute atomic E-state index is 0.0454. The fourth-order valence-electron chi connectivity index (χ4n) is 4.48. The molecule has 0 bridgehead atoms. The van der Waals surface area contributed by atoms with Crippen LogP contribution in [0.4, 0.5) is 0 Å². The summed E-state index contributed by atoms with van der Waals surface area (Å²) in [6, 6.07) is 0. The van der Waals surface area contributed by atoms with Gasteiger partial charge in [0.05, 0.1) is 13.2 Å². The summed E-state index contributed by atoms with van der Waals surface area (Å²) >= 11 is 0. The van der Waals surface area contributed by atoms with Crippen molar-refractivity contribution in [2.45, 2.75) is 142 Å². The van der Waals surface area contributed by atoms with Gasteiger partial charge in [0.1, 0.15) is 6.61 Å². The molecule has 0 heterocycles. The van der Waals surface area contributed by atoms with Crippen molar-refractivity contribution in [3.63, 3.8) is 0 Å². The smallest absolute Gasteiger partial charge is 0.462 e. The Morgan fingerprint density at radius 1 is 0.646 bits per heavy atom. The van der Waals surface area contributed by atoms with E-state index >= 15 is 0 Å². The maximum atomic E-state index is 12.5. The largest absolute Gasteiger partial charge is 0.472 e. The topological polar surface area (TPSA) is 134 Å². The van der Waals surface area contributed by atoms with E-state index in [9.17, 15) is 19.0 Å². The molecule has 0 saturated carbocycles. The number of unbranched alkanes of at least 4 members (excludes halogenated alkanes) is 10.